The molecule has 2 amide bonds. The van der Waals surface area contributed by atoms with E-state index in [-0.39, 0.29) is 18.1 Å². The van der Waals surface area contributed by atoms with Crippen LogP contribution in [0.2, 0.25) is 0 Å². The first kappa shape index (κ1) is 18.0. The number of amides is 2. The molecule has 0 saturated heterocycles. The van der Waals surface area contributed by atoms with Gasteiger partial charge in [-0.15, -0.1) is 0 Å². The second kappa shape index (κ2) is 8.03. The number of rotatable bonds is 5. The van der Waals surface area contributed by atoms with Crippen LogP contribution < -0.4 is 11.1 Å². The fraction of sp³-hybridized carbons (Fsp3) is 0.421. The number of ether oxygens (including phenoxy) is 1. The maximum atomic E-state index is 12.7. The molecule has 26 heavy (non-hydrogen) atoms. The van der Waals surface area contributed by atoms with E-state index in [4.69, 9.17) is 10.5 Å². The van der Waals surface area contributed by atoms with Gasteiger partial charge in [0.2, 0.25) is 0 Å². The van der Waals surface area contributed by atoms with Gasteiger partial charge < -0.3 is 15.8 Å². The first-order valence-electron chi connectivity index (χ1n) is 8.86. The van der Waals surface area contributed by atoms with Crippen molar-refractivity contribution in [3.05, 3.63) is 53.3 Å². The van der Waals surface area contributed by atoms with Crippen molar-refractivity contribution in [2.45, 2.75) is 51.3 Å². The first-order chi connectivity index (χ1) is 12.5. The molecule has 1 aromatic carbocycles. The van der Waals surface area contributed by atoms with Crippen LogP contribution in [0.4, 0.5) is 4.79 Å². The Morgan fingerprint density at radius 2 is 1.92 bits per heavy atom. The Morgan fingerprint density at radius 3 is 2.58 bits per heavy atom. The van der Waals surface area contributed by atoms with Crippen LogP contribution in [0.5, 0.6) is 0 Å². The van der Waals surface area contributed by atoms with Gasteiger partial charge in [0, 0.05) is 6.04 Å². The average molecular weight is 356 g/mol. The lowest BCUT2D eigenvalue weighted by molar-refractivity contribution is 0.0707. The van der Waals surface area contributed by atoms with E-state index >= 15 is 0 Å². The molecule has 3 N–H and O–H groups in total. The third kappa shape index (κ3) is 4.62. The highest BCUT2D eigenvalue weighted by molar-refractivity contribution is 5.92. The lowest BCUT2D eigenvalue weighted by atomic mass is 9.93. The quantitative estimate of drug-likeness (QED) is 0.859. The van der Waals surface area contributed by atoms with Crippen molar-refractivity contribution in [3.63, 3.8) is 0 Å². The van der Waals surface area contributed by atoms with Crippen molar-refractivity contribution < 1.29 is 14.3 Å². The second-order valence-corrected chi connectivity index (χ2v) is 6.70. The summed E-state index contributed by atoms with van der Waals surface area (Å²) in [5.41, 5.74) is 7.51. The van der Waals surface area contributed by atoms with Crippen LogP contribution >= 0.6 is 0 Å². The molecule has 138 valence electrons. The SMILES string of the molecule is Cc1cc(C(=O)N[C@H]2CC[C@H](OC(N)=O)CC2)n(Cc2ccccc2)n1. The second-order valence-electron chi connectivity index (χ2n) is 6.70. The summed E-state index contributed by atoms with van der Waals surface area (Å²) in [5.74, 6) is -0.124. The smallest absolute Gasteiger partial charge is 0.404 e. The third-order valence-corrected chi connectivity index (χ3v) is 4.60. The molecule has 0 bridgehead atoms. The van der Waals surface area contributed by atoms with E-state index in [2.05, 4.69) is 10.4 Å². The molecule has 7 heteroatoms. The van der Waals surface area contributed by atoms with Gasteiger partial charge in [-0.3, -0.25) is 9.48 Å². The monoisotopic (exact) mass is 356 g/mol. The van der Waals surface area contributed by atoms with Crippen LogP contribution in [0.15, 0.2) is 36.4 Å². The predicted molar refractivity (Wildman–Crippen MR) is 96.7 cm³/mol. The minimum atomic E-state index is -0.738. The third-order valence-electron chi connectivity index (χ3n) is 4.60. The van der Waals surface area contributed by atoms with Gasteiger partial charge in [0.05, 0.1) is 12.2 Å². The summed E-state index contributed by atoms with van der Waals surface area (Å²) in [6.45, 7) is 2.43. The minimum Gasteiger partial charge on any atom is -0.446 e. The molecule has 1 heterocycles. The summed E-state index contributed by atoms with van der Waals surface area (Å²) in [7, 11) is 0. The Kier molecular flexibility index (Phi) is 5.55. The Morgan fingerprint density at radius 1 is 1.23 bits per heavy atom. The predicted octanol–water partition coefficient (Wildman–Crippen LogP) is 2.38. The summed E-state index contributed by atoms with van der Waals surface area (Å²) in [5, 5.41) is 7.53. The highest BCUT2D eigenvalue weighted by atomic mass is 16.6. The van der Waals surface area contributed by atoms with Gasteiger partial charge in [-0.2, -0.15) is 5.10 Å². The summed E-state index contributed by atoms with van der Waals surface area (Å²) in [6, 6.07) is 11.8. The number of benzene rings is 1. The summed E-state index contributed by atoms with van der Waals surface area (Å²) in [4.78, 5) is 23.5. The number of nitrogens with one attached hydrogen (secondary N) is 1. The number of nitrogens with zero attached hydrogens (tertiary/aromatic N) is 2. The topological polar surface area (TPSA) is 99.2 Å². The van der Waals surface area contributed by atoms with Gasteiger partial charge in [-0.05, 0) is 44.2 Å². The van der Waals surface area contributed by atoms with Crippen LogP contribution in [0.25, 0.3) is 0 Å². The van der Waals surface area contributed by atoms with Gasteiger partial charge in [0.1, 0.15) is 11.8 Å². The molecular weight excluding hydrogens is 332 g/mol. The molecule has 0 unspecified atom stereocenters. The largest absolute Gasteiger partial charge is 0.446 e. The minimum absolute atomic E-state index is 0.0654. The molecule has 1 saturated carbocycles. The molecule has 0 atom stereocenters. The number of aromatic nitrogens is 2. The maximum absolute atomic E-state index is 12.7. The van der Waals surface area contributed by atoms with Gasteiger partial charge in [-0.1, -0.05) is 30.3 Å². The van der Waals surface area contributed by atoms with E-state index in [1.54, 1.807) is 10.7 Å². The van der Waals surface area contributed by atoms with Crippen LogP contribution in [0.3, 0.4) is 0 Å². The van der Waals surface area contributed by atoms with E-state index in [1.165, 1.54) is 0 Å². The molecule has 1 aliphatic rings. The van der Waals surface area contributed by atoms with E-state index in [0.717, 1.165) is 24.1 Å². The molecule has 7 nitrogen and oxygen atoms in total. The van der Waals surface area contributed by atoms with Gasteiger partial charge >= 0.3 is 6.09 Å². The number of hydrogen-bond acceptors (Lipinski definition) is 4. The Balaban J connectivity index is 1.61. The van der Waals surface area contributed by atoms with Crippen molar-refractivity contribution in [2.75, 3.05) is 0 Å². The van der Waals surface area contributed by atoms with Crippen molar-refractivity contribution in [3.8, 4) is 0 Å². The van der Waals surface area contributed by atoms with E-state index in [0.29, 0.717) is 25.1 Å². The molecule has 1 fully saturated rings. The first-order valence-corrected chi connectivity index (χ1v) is 8.86. The number of carbonyl (C=O) groups excluding carboxylic acids is 2. The maximum Gasteiger partial charge on any atom is 0.404 e. The number of carbonyl (C=O) groups is 2. The average Bonchev–Trinajstić information content (AvgIpc) is 2.97. The fourth-order valence-electron chi connectivity index (χ4n) is 3.35. The van der Waals surface area contributed by atoms with Crippen molar-refractivity contribution in [1.82, 2.24) is 15.1 Å². The lowest BCUT2D eigenvalue weighted by Gasteiger charge is -2.28. The number of primary amides is 1. The molecule has 2 aromatic rings. The Hall–Kier alpha value is -2.83. The molecule has 0 spiro atoms. The van der Waals surface area contributed by atoms with Crippen molar-refractivity contribution in [2.24, 2.45) is 5.73 Å². The zero-order valence-corrected chi connectivity index (χ0v) is 14.9. The highest BCUT2D eigenvalue weighted by Gasteiger charge is 2.25. The molecular formula is C19H24N4O3. The number of hydrogen-bond donors (Lipinski definition) is 2. The van der Waals surface area contributed by atoms with Crippen LogP contribution in [0, 0.1) is 6.92 Å². The summed E-state index contributed by atoms with van der Waals surface area (Å²) < 4.78 is 6.77. The molecule has 0 aliphatic heterocycles. The number of aryl methyl sites for hydroxylation is 1. The number of nitrogens with two attached hydrogens (primary N) is 1. The van der Waals surface area contributed by atoms with Crippen LogP contribution in [-0.2, 0) is 11.3 Å². The van der Waals surface area contributed by atoms with Crippen LogP contribution in [0.1, 0.15) is 47.4 Å². The molecule has 1 aromatic heterocycles. The van der Waals surface area contributed by atoms with Crippen molar-refractivity contribution in [1.29, 1.82) is 0 Å². The zero-order chi connectivity index (χ0) is 18.5. The highest BCUT2D eigenvalue weighted by Crippen LogP contribution is 2.21. The molecule has 1 aliphatic carbocycles. The Bertz CT molecular complexity index is 764. The van der Waals surface area contributed by atoms with E-state index < -0.39 is 6.09 Å². The normalized spacial score (nSPS) is 19.7. The van der Waals surface area contributed by atoms with Crippen LogP contribution in [-0.4, -0.2) is 33.9 Å². The van der Waals surface area contributed by atoms with E-state index in [9.17, 15) is 9.59 Å². The summed E-state index contributed by atoms with van der Waals surface area (Å²) in [6.07, 6.45) is 2.04. The standard InChI is InChI=1S/C19H24N4O3/c1-13-11-17(23(22-13)12-14-5-3-2-4-6-14)18(24)21-15-7-9-16(10-8-15)26-19(20)25/h2-6,11,15-16H,7-10,12H2,1H3,(H2,20,25)(H,21,24)/t15-,16-. The van der Waals surface area contributed by atoms with Gasteiger partial charge in [0.15, 0.2) is 0 Å². The van der Waals surface area contributed by atoms with Gasteiger partial charge in [-0.25, -0.2) is 4.79 Å². The zero-order valence-electron chi connectivity index (χ0n) is 14.9. The summed E-state index contributed by atoms with van der Waals surface area (Å²) >= 11 is 0. The molecule has 3 rings (SSSR count). The van der Waals surface area contributed by atoms with Gasteiger partial charge in [0.25, 0.3) is 5.91 Å². The van der Waals surface area contributed by atoms with E-state index in [1.807, 2.05) is 37.3 Å². The lowest BCUT2D eigenvalue weighted by Crippen LogP contribution is -2.40. The fourth-order valence-corrected chi connectivity index (χ4v) is 3.35. The Labute approximate surface area is 152 Å². The van der Waals surface area contributed by atoms with Crippen molar-refractivity contribution >= 4 is 12.0 Å². The molecule has 0 radical (unpaired) electrons.